The highest BCUT2D eigenvalue weighted by molar-refractivity contribution is 7.89. The van der Waals surface area contributed by atoms with Crippen molar-refractivity contribution in [1.82, 2.24) is 9.21 Å². The van der Waals surface area contributed by atoms with E-state index in [1.165, 1.54) is 0 Å². The second kappa shape index (κ2) is 7.57. The lowest BCUT2D eigenvalue weighted by Crippen LogP contribution is -2.53. The normalized spacial score (nSPS) is 22.3. The summed E-state index contributed by atoms with van der Waals surface area (Å²) in [5, 5.41) is 9.28. The summed E-state index contributed by atoms with van der Waals surface area (Å²) in [6.45, 7) is 8.74. The Balaban J connectivity index is 2.53. The molecule has 1 heterocycles. The molecule has 0 radical (unpaired) electrons. The van der Waals surface area contributed by atoms with Gasteiger partial charge in [0, 0.05) is 32.2 Å². The standard InChI is InChI=1S/C13H28N2O3S/c1-4-12(3)11-19(17,18)15-8-6-14(7-9-15)13(5-2)10-16/h12-13,16H,4-11H2,1-3H3. The molecule has 1 fully saturated rings. The molecule has 6 heteroatoms. The Bertz CT molecular complexity index is 347. The zero-order valence-electron chi connectivity index (χ0n) is 12.4. The Kier molecular flexibility index (Phi) is 6.73. The van der Waals surface area contributed by atoms with Crippen LogP contribution in [0, 0.1) is 5.92 Å². The topological polar surface area (TPSA) is 60.9 Å². The molecule has 2 unspecified atom stereocenters. The SMILES string of the molecule is CCC(C)CS(=O)(=O)N1CCN(C(CC)CO)CC1. The number of nitrogens with zero attached hydrogens (tertiary/aromatic N) is 2. The average Bonchev–Trinajstić information content (AvgIpc) is 2.40. The molecule has 1 aliphatic rings. The minimum Gasteiger partial charge on any atom is -0.395 e. The number of piperazine rings is 1. The van der Waals surface area contributed by atoms with Crippen molar-refractivity contribution in [1.29, 1.82) is 0 Å². The summed E-state index contributed by atoms with van der Waals surface area (Å²) in [7, 11) is -3.11. The number of aliphatic hydroxyl groups is 1. The quantitative estimate of drug-likeness (QED) is 0.752. The van der Waals surface area contributed by atoms with Crippen molar-refractivity contribution < 1.29 is 13.5 Å². The van der Waals surface area contributed by atoms with Gasteiger partial charge in [0.25, 0.3) is 0 Å². The minimum atomic E-state index is -3.11. The third kappa shape index (κ3) is 4.70. The largest absolute Gasteiger partial charge is 0.395 e. The number of rotatable bonds is 7. The van der Waals surface area contributed by atoms with E-state index in [0.29, 0.717) is 13.1 Å². The summed E-state index contributed by atoms with van der Waals surface area (Å²) < 4.78 is 26.1. The lowest BCUT2D eigenvalue weighted by atomic mass is 10.2. The third-order valence-corrected chi connectivity index (χ3v) is 6.20. The fourth-order valence-corrected chi connectivity index (χ4v) is 4.32. The Morgan fingerprint density at radius 1 is 1.11 bits per heavy atom. The van der Waals surface area contributed by atoms with Crippen LogP contribution in [0.4, 0.5) is 0 Å². The fourth-order valence-electron chi connectivity index (χ4n) is 2.43. The lowest BCUT2D eigenvalue weighted by molar-refractivity contribution is 0.0880. The monoisotopic (exact) mass is 292 g/mol. The zero-order valence-corrected chi connectivity index (χ0v) is 13.2. The van der Waals surface area contributed by atoms with Gasteiger partial charge in [-0.15, -0.1) is 0 Å². The van der Waals surface area contributed by atoms with Crippen molar-refractivity contribution in [2.45, 2.75) is 39.7 Å². The molecule has 0 spiro atoms. The van der Waals surface area contributed by atoms with Crippen molar-refractivity contribution in [2.24, 2.45) is 5.92 Å². The van der Waals surface area contributed by atoms with Gasteiger partial charge in [0.05, 0.1) is 12.4 Å². The van der Waals surface area contributed by atoms with E-state index in [1.807, 2.05) is 20.8 Å². The van der Waals surface area contributed by atoms with Crippen molar-refractivity contribution in [2.75, 3.05) is 38.5 Å². The molecule has 0 aliphatic carbocycles. The fraction of sp³-hybridized carbons (Fsp3) is 1.00. The summed E-state index contributed by atoms with van der Waals surface area (Å²) in [6.07, 6.45) is 1.79. The van der Waals surface area contributed by atoms with Crippen LogP contribution in [0.3, 0.4) is 0 Å². The highest BCUT2D eigenvalue weighted by Gasteiger charge is 2.29. The van der Waals surface area contributed by atoms with Crippen LogP contribution in [0.15, 0.2) is 0 Å². The molecule has 5 nitrogen and oxygen atoms in total. The first-order chi connectivity index (χ1) is 8.94. The lowest BCUT2D eigenvalue weighted by Gasteiger charge is -2.38. The van der Waals surface area contributed by atoms with Gasteiger partial charge in [-0.25, -0.2) is 8.42 Å². The van der Waals surface area contributed by atoms with Gasteiger partial charge in [0.1, 0.15) is 0 Å². The number of sulfonamides is 1. The average molecular weight is 292 g/mol. The van der Waals surface area contributed by atoms with E-state index >= 15 is 0 Å². The van der Waals surface area contributed by atoms with Crippen LogP contribution >= 0.6 is 0 Å². The zero-order chi connectivity index (χ0) is 14.5. The van der Waals surface area contributed by atoms with Crippen LogP contribution < -0.4 is 0 Å². The van der Waals surface area contributed by atoms with Crippen molar-refractivity contribution >= 4 is 10.0 Å². The number of hydrogen-bond acceptors (Lipinski definition) is 4. The van der Waals surface area contributed by atoms with Crippen LogP contribution in [0.25, 0.3) is 0 Å². The summed E-state index contributed by atoms with van der Waals surface area (Å²) in [6, 6.07) is 0.166. The maximum Gasteiger partial charge on any atom is 0.214 e. The molecule has 1 N–H and O–H groups in total. The van der Waals surface area contributed by atoms with E-state index in [2.05, 4.69) is 4.90 Å². The molecule has 0 aromatic heterocycles. The highest BCUT2D eigenvalue weighted by Crippen LogP contribution is 2.15. The predicted octanol–water partition coefficient (Wildman–Crippen LogP) is 0.751. The van der Waals surface area contributed by atoms with Crippen LogP contribution in [-0.4, -0.2) is 67.3 Å². The van der Waals surface area contributed by atoms with Gasteiger partial charge in [0.15, 0.2) is 0 Å². The first-order valence-electron chi connectivity index (χ1n) is 7.27. The molecule has 114 valence electrons. The van der Waals surface area contributed by atoms with Gasteiger partial charge in [-0.1, -0.05) is 27.2 Å². The second-order valence-electron chi connectivity index (χ2n) is 5.47. The Hall–Kier alpha value is -0.170. The number of hydrogen-bond donors (Lipinski definition) is 1. The molecule has 0 amide bonds. The Labute approximate surface area is 117 Å². The van der Waals surface area contributed by atoms with Crippen LogP contribution in [0.5, 0.6) is 0 Å². The summed E-state index contributed by atoms with van der Waals surface area (Å²) in [4.78, 5) is 2.19. The van der Waals surface area contributed by atoms with E-state index in [4.69, 9.17) is 0 Å². The van der Waals surface area contributed by atoms with Crippen LogP contribution in [0.2, 0.25) is 0 Å². The van der Waals surface area contributed by atoms with Gasteiger partial charge in [-0.2, -0.15) is 4.31 Å². The molecule has 0 aromatic rings. The molecule has 1 saturated heterocycles. The van der Waals surface area contributed by atoms with Gasteiger partial charge >= 0.3 is 0 Å². The van der Waals surface area contributed by atoms with Gasteiger partial charge < -0.3 is 5.11 Å². The predicted molar refractivity (Wildman–Crippen MR) is 77.6 cm³/mol. The van der Waals surface area contributed by atoms with Gasteiger partial charge in [-0.05, 0) is 12.3 Å². The molecule has 1 rings (SSSR count). The third-order valence-electron chi connectivity index (χ3n) is 4.06. The minimum absolute atomic E-state index is 0.149. The number of aliphatic hydroxyl groups excluding tert-OH is 1. The van der Waals surface area contributed by atoms with Crippen LogP contribution in [0.1, 0.15) is 33.6 Å². The molecule has 19 heavy (non-hydrogen) atoms. The van der Waals surface area contributed by atoms with Crippen molar-refractivity contribution in [3.8, 4) is 0 Å². The van der Waals surface area contributed by atoms with E-state index in [1.54, 1.807) is 4.31 Å². The summed E-state index contributed by atoms with van der Waals surface area (Å²) >= 11 is 0. The van der Waals surface area contributed by atoms with E-state index in [9.17, 15) is 13.5 Å². The Morgan fingerprint density at radius 2 is 1.68 bits per heavy atom. The van der Waals surface area contributed by atoms with Crippen molar-refractivity contribution in [3.05, 3.63) is 0 Å². The first-order valence-corrected chi connectivity index (χ1v) is 8.88. The molecule has 2 atom stereocenters. The second-order valence-corrected chi connectivity index (χ2v) is 7.49. The summed E-state index contributed by atoms with van der Waals surface area (Å²) in [5.74, 6) is 0.463. The molecule has 1 aliphatic heterocycles. The molecule has 0 bridgehead atoms. The molecular weight excluding hydrogens is 264 g/mol. The Morgan fingerprint density at radius 3 is 2.11 bits per heavy atom. The molecule has 0 saturated carbocycles. The van der Waals surface area contributed by atoms with Gasteiger partial charge in [0.2, 0.25) is 10.0 Å². The maximum atomic E-state index is 12.2. The van der Waals surface area contributed by atoms with E-state index in [-0.39, 0.29) is 24.3 Å². The highest BCUT2D eigenvalue weighted by atomic mass is 32.2. The first kappa shape index (κ1) is 16.9. The van der Waals surface area contributed by atoms with E-state index < -0.39 is 10.0 Å². The van der Waals surface area contributed by atoms with E-state index in [0.717, 1.165) is 25.9 Å². The molecular formula is C13H28N2O3S. The van der Waals surface area contributed by atoms with Gasteiger partial charge in [-0.3, -0.25) is 4.90 Å². The molecule has 0 aromatic carbocycles. The maximum absolute atomic E-state index is 12.2. The van der Waals surface area contributed by atoms with Crippen LogP contribution in [-0.2, 0) is 10.0 Å². The smallest absolute Gasteiger partial charge is 0.214 e. The summed E-state index contributed by atoms with van der Waals surface area (Å²) in [5.41, 5.74) is 0. The van der Waals surface area contributed by atoms with Crippen molar-refractivity contribution in [3.63, 3.8) is 0 Å².